The van der Waals surface area contributed by atoms with Crippen LogP contribution in [0, 0.1) is 0 Å². The molecule has 0 spiro atoms. The number of hydrogen-bond donors (Lipinski definition) is 1. The molecular formula is C17H13NO4. The molecule has 0 fully saturated rings. The molecule has 0 aromatic heterocycles. The number of ether oxygens (including phenoxy) is 2. The topological polar surface area (TPSA) is 59.0 Å². The maximum atomic E-state index is 12.6. The summed E-state index contributed by atoms with van der Waals surface area (Å²) in [7, 11) is 0. The van der Waals surface area contributed by atoms with Crippen LogP contribution in [0.4, 0.5) is 0 Å². The van der Waals surface area contributed by atoms with E-state index in [4.69, 9.17) is 9.47 Å². The Balaban J connectivity index is 1.68. The van der Waals surface area contributed by atoms with Crippen LogP contribution in [0.5, 0.6) is 11.5 Å². The van der Waals surface area contributed by atoms with E-state index in [1.54, 1.807) is 11.0 Å². The van der Waals surface area contributed by atoms with E-state index >= 15 is 0 Å². The van der Waals surface area contributed by atoms with E-state index in [2.05, 4.69) is 0 Å². The van der Waals surface area contributed by atoms with Crippen LogP contribution in [0.3, 0.4) is 0 Å². The molecule has 1 amide bonds. The Hall–Kier alpha value is -2.53. The molecular weight excluding hydrogens is 282 g/mol. The largest absolute Gasteiger partial charge is 0.454 e. The van der Waals surface area contributed by atoms with Crippen molar-refractivity contribution in [1.82, 2.24) is 4.90 Å². The maximum absolute atomic E-state index is 12.6. The Kier molecular flexibility index (Phi) is 2.09. The Labute approximate surface area is 126 Å². The zero-order valence-electron chi connectivity index (χ0n) is 11.7. The number of carbonyl (C=O) groups is 1. The fourth-order valence-electron chi connectivity index (χ4n) is 3.64. The van der Waals surface area contributed by atoms with E-state index in [1.807, 2.05) is 30.3 Å². The lowest BCUT2D eigenvalue weighted by Crippen LogP contribution is -2.48. The van der Waals surface area contributed by atoms with E-state index in [1.165, 1.54) is 0 Å². The second kappa shape index (κ2) is 3.81. The molecule has 22 heavy (non-hydrogen) atoms. The summed E-state index contributed by atoms with van der Waals surface area (Å²) in [6.07, 6.45) is 0.363. The fraction of sp³-hybridized carbons (Fsp3) is 0.235. The van der Waals surface area contributed by atoms with Gasteiger partial charge in [-0.3, -0.25) is 4.79 Å². The van der Waals surface area contributed by atoms with Gasteiger partial charge in [0.25, 0.3) is 5.91 Å². The summed E-state index contributed by atoms with van der Waals surface area (Å²) in [5.74, 6) is 1.28. The highest BCUT2D eigenvalue weighted by Gasteiger charge is 2.51. The number of hydrogen-bond acceptors (Lipinski definition) is 4. The molecule has 3 aliphatic rings. The van der Waals surface area contributed by atoms with Gasteiger partial charge in [0, 0.05) is 24.1 Å². The lowest BCUT2D eigenvalue weighted by molar-refractivity contribution is -0.0946. The van der Waals surface area contributed by atoms with Crippen LogP contribution in [-0.2, 0) is 18.7 Å². The molecule has 0 unspecified atom stereocenters. The summed E-state index contributed by atoms with van der Waals surface area (Å²) < 4.78 is 10.8. The van der Waals surface area contributed by atoms with Gasteiger partial charge in [-0.25, -0.2) is 0 Å². The van der Waals surface area contributed by atoms with E-state index in [9.17, 15) is 9.90 Å². The molecule has 1 N–H and O–H groups in total. The lowest BCUT2D eigenvalue weighted by Gasteiger charge is -2.39. The molecule has 0 saturated carbocycles. The molecule has 2 aromatic carbocycles. The van der Waals surface area contributed by atoms with Crippen molar-refractivity contribution >= 4 is 5.91 Å². The first-order chi connectivity index (χ1) is 10.7. The summed E-state index contributed by atoms with van der Waals surface area (Å²) in [5.41, 5.74) is 1.98. The predicted octanol–water partition coefficient (Wildman–Crippen LogP) is 1.77. The second-order valence-corrected chi connectivity index (χ2v) is 5.90. The van der Waals surface area contributed by atoms with Crippen molar-refractivity contribution in [2.45, 2.75) is 18.7 Å². The van der Waals surface area contributed by atoms with E-state index in [-0.39, 0.29) is 12.7 Å². The van der Waals surface area contributed by atoms with Crippen LogP contribution in [0.15, 0.2) is 36.4 Å². The Morgan fingerprint density at radius 2 is 1.82 bits per heavy atom. The van der Waals surface area contributed by atoms with Gasteiger partial charge < -0.3 is 19.5 Å². The van der Waals surface area contributed by atoms with Crippen LogP contribution in [0.2, 0.25) is 0 Å². The average Bonchev–Trinajstić information content (AvgIpc) is 3.06. The Morgan fingerprint density at radius 3 is 2.64 bits per heavy atom. The molecule has 110 valence electrons. The summed E-state index contributed by atoms with van der Waals surface area (Å²) >= 11 is 0. The van der Waals surface area contributed by atoms with Gasteiger partial charge in [0.1, 0.15) is 0 Å². The minimum atomic E-state index is -1.27. The number of nitrogens with zero attached hydrogens (tertiary/aromatic N) is 1. The van der Waals surface area contributed by atoms with Crippen molar-refractivity contribution in [2.75, 3.05) is 6.79 Å². The SMILES string of the molecule is O=C1c2ccccc2[C@@]2(O)Cc3cc4c(cc3CN12)OCO4. The van der Waals surface area contributed by atoms with Crippen molar-refractivity contribution in [2.24, 2.45) is 0 Å². The predicted molar refractivity (Wildman–Crippen MR) is 76.5 cm³/mol. The van der Waals surface area contributed by atoms with Crippen LogP contribution in [0.25, 0.3) is 0 Å². The number of amides is 1. The fourth-order valence-corrected chi connectivity index (χ4v) is 3.64. The molecule has 1 atom stereocenters. The highest BCUT2D eigenvalue weighted by molar-refractivity contribution is 6.00. The van der Waals surface area contributed by atoms with E-state index < -0.39 is 5.72 Å². The molecule has 3 heterocycles. The third-order valence-corrected chi connectivity index (χ3v) is 4.74. The van der Waals surface area contributed by atoms with Crippen LogP contribution >= 0.6 is 0 Å². The summed E-state index contributed by atoms with van der Waals surface area (Å²) in [6, 6.07) is 11.1. The molecule has 0 bridgehead atoms. The van der Waals surface area contributed by atoms with Gasteiger partial charge in [-0.1, -0.05) is 18.2 Å². The van der Waals surface area contributed by atoms with E-state index in [0.29, 0.717) is 35.6 Å². The van der Waals surface area contributed by atoms with Crippen molar-refractivity contribution in [1.29, 1.82) is 0 Å². The summed E-state index contributed by atoms with van der Waals surface area (Å²) in [5, 5.41) is 11.2. The third-order valence-electron chi connectivity index (χ3n) is 4.74. The first-order valence-electron chi connectivity index (χ1n) is 7.22. The minimum absolute atomic E-state index is 0.124. The minimum Gasteiger partial charge on any atom is -0.454 e. The number of rotatable bonds is 0. The molecule has 0 aliphatic carbocycles. The zero-order valence-corrected chi connectivity index (χ0v) is 11.7. The molecule has 0 radical (unpaired) electrons. The number of fused-ring (bicyclic) bond motifs is 5. The maximum Gasteiger partial charge on any atom is 0.257 e. The van der Waals surface area contributed by atoms with Gasteiger partial charge in [-0.2, -0.15) is 0 Å². The van der Waals surface area contributed by atoms with Crippen molar-refractivity contribution in [3.8, 4) is 11.5 Å². The first kappa shape index (κ1) is 12.1. The van der Waals surface area contributed by atoms with Crippen molar-refractivity contribution in [3.63, 3.8) is 0 Å². The summed E-state index contributed by atoms with van der Waals surface area (Å²) in [6.45, 7) is 0.587. The van der Waals surface area contributed by atoms with Gasteiger partial charge in [0.15, 0.2) is 17.2 Å². The monoisotopic (exact) mass is 295 g/mol. The summed E-state index contributed by atoms with van der Waals surface area (Å²) in [4.78, 5) is 14.1. The highest BCUT2D eigenvalue weighted by atomic mass is 16.7. The smallest absolute Gasteiger partial charge is 0.257 e. The van der Waals surface area contributed by atoms with Gasteiger partial charge in [0.2, 0.25) is 6.79 Å². The Bertz CT molecular complexity index is 831. The zero-order chi connectivity index (χ0) is 14.9. The molecule has 5 nitrogen and oxygen atoms in total. The van der Waals surface area contributed by atoms with Crippen LogP contribution in [0.1, 0.15) is 27.0 Å². The van der Waals surface area contributed by atoms with Crippen LogP contribution < -0.4 is 9.47 Å². The number of benzene rings is 2. The van der Waals surface area contributed by atoms with Gasteiger partial charge in [0.05, 0.1) is 0 Å². The van der Waals surface area contributed by atoms with Gasteiger partial charge >= 0.3 is 0 Å². The second-order valence-electron chi connectivity index (χ2n) is 5.90. The number of aliphatic hydroxyl groups is 1. The third kappa shape index (κ3) is 1.34. The van der Waals surface area contributed by atoms with Crippen molar-refractivity contribution in [3.05, 3.63) is 58.7 Å². The standard InChI is InChI=1S/C17H13NO4/c19-16-12-3-1-2-4-13(12)17(20)7-10-5-14-15(22-9-21-14)6-11(10)8-18(16)17/h1-6,20H,7-9H2/t17-/m0/s1. The van der Waals surface area contributed by atoms with Crippen molar-refractivity contribution < 1.29 is 19.4 Å². The van der Waals surface area contributed by atoms with E-state index in [0.717, 1.165) is 11.1 Å². The number of carbonyl (C=O) groups excluding carboxylic acids is 1. The quantitative estimate of drug-likeness (QED) is 0.805. The Morgan fingerprint density at radius 1 is 1.09 bits per heavy atom. The average molecular weight is 295 g/mol. The first-order valence-corrected chi connectivity index (χ1v) is 7.22. The lowest BCUT2D eigenvalue weighted by atomic mass is 9.88. The van der Waals surface area contributed by atoms with Crippen LogP contribution in [-0.4, -0.2) is 22.7 Å². The molecule has 2 aromatic rings. The molecule has 3 aliphatic heterocycles. The molecule has 0 saturated heterocycles. The normalized spacial score (nSPS) is 24.0. The van der Waals surface area contributed by atoms with Gasteiger partial charge in [-0.05, 0) is 29.3 Å². The molecule has 5 rings (SSSR count). The highest BCUT2D eigenvalue weighted by Crippen LogP contribution is 2.46. The molecule has 5 heteroatoms. The van der Waals surface area contributed by atoms with Gasteiger partial charge in [-0.15, -0.1) is 0 Å².